The summed E-state index contributed by atoms with van der Waals surface area (Å²) in [6, 6.07) is 7.07. The number of aryl methyl sites for hydroxylation is 1. The van der Waals surface area contributed by atoms with Gasteiger partial charge in [-0.25, -0.2) is 4.98 Å². The molecular formula is C16H20ClN3O2. The Hall–Kier alpha value is -1.85. The van der Waals surface area contributed by atoms with E-state index in [1.165, 1.54) is 6.07 Å². The zero-order valence-corrected chi connectivity index (χ0v) is 13.8. The number of benzene rings is 1. The van der Waals surface area contributed by atoms with E-state index in [1.54, 1.807) is 13.2 Å². The van der Waals surface area contributed by atoms with Crippen molar-refractivity contribution in [2.24, 2.45) is 0 Å². The molecule has 0 spiro atoms. The van der Waals surface area contributed by atoms with Gasteiger partial charge in [-0.3, -0.25) is 9.69 Å². The van der Waals surface area contributed by atoms with Gasteiger partial charge in [-0.05, 0) is 31.7 Å². The minimum Gasteiger partial charge on any atom is -0.496 e. The molecule has 0 unspecified atom stereocenters. The van der Waals surface area contributed by atoms with E-state index in [4.69, 9.17) is 16.3 Å². The van der Waals surface area contributed by atoms with E-state index in [0.29, 0.717) is 23.9 Å². The topological polar surface area (TPSA) is 58.2 Å². The number of methoxy groups -OCH3 is 1. The molecule has 118 valence electrons. The molecular weight excluding hydrogens is 302 g/mol. The molecule has 1 aromatic carbocycles. The van der Waals surface area contributed by atoms with Crippen LogP contribution in [-0.4, -0.2) is 29.0 Å². The van der Waals surface area contributed by atoms with Crippen molar-refractivity contribution in [3.63, 3.8) is 0 Å². The van der Waals surface area contributed by atoms with Gasteiger partial charge in [0.1, 0.15) is 11.6 Å². The molecule has 0 radical (unpaired) electrons. The number of halogens is 1. The standard InChI is InChI=1S/C16H20ClN3O2/c1-4-13-8-16(21)19-15(18-13)10-20(2)9-11-7-12(17)5-6-14(11)22-3/h5-8H,4,9-10H2,1-3H3,(H,18,19,21). The molecule has 2 rings (SSSR count). The van der Waals surface area contributed by atoms with Crippen LogP contribution in [-0.2, 0) is 19.5 Å². The molecule has 1 N–H and O–H groups in total. The molecule has 2 aromatic rings. The number of H-pyrrole nitrogens is 1. The van der Waals surface area contributed by atoms with Crippen LogP contribution >= 0.6 is 11.6 Å². The maximum atomic E-state index is 11.6. The highest BCUT2D eigenvalue weighted by Crippen LogP contribution is 2.23. The van der Waals surface area contributed by atoms with Crippen LogP contribution in [0, 0.1) is 0 Å². The first-order valence-corrected chi connectivity index (χ1v) is 7.49. The molecule has 0 aliphatic carbocycles. The summed E-state index contributed by atoms with van der Waals surface area (Å²) in [6.07, 6.45) is 0.739. The molecule has 1 aromatic heterocycles. The molecule has 22 heavy (non-hydrogen) atoms. The fourth-order valence-corrected chi connectivity index (χ4v) is 2.49. The Morgan fingerprint density at radius 2 is 2.09 bits per heavy atom. The molecule has 1 heterocycles. The third-order valence-electron chi connectivity index (χ3n) is 3.31. The van der Waals surface area contributed by atoms with E-state index >= 15 is 0 Å². The fraction of sp³-hybridized carbons (Fsp3) is 0.375. The lowest BCUT2D eigenvalue weighted by molar-refractivity contribution is 0.302. The summed E-state index contributed by atoms with van der Waals surface area (Å²) in [4.78, 5) is 20.9. The Balaban J connectivity index is 2.13. The Labute approximate surface area is 134 Å². The van der Waals surface area contributed by atoms with Gasteiger partial charge >= 0.3 is 0 Å². The highest BCUT2D eigenvalue weighted by molar-refractivity contribution is 6.30. The van der Waals surface area contributed by atoms with Crippen LogP contribution in [0.2, 0.25) is 5.02 Å². The maximum Gasteiger partial charge on any atom is 0.251 e. The van der Waals surface area contributed by atoms with Crippen LogP contribution in [0.25, 0.3) is 0 Å². The van der Waals surface area contributed by atoms with Crippen molar-refractivity contribution in [3.05, 3.63) is 56.7 Å². The van der Waals surface area contributed by atoms with Crippen LogP contribution in [0.5, 0.6) is 5.75 Å². The molecule has 0 aliphatic rings. The second-order valence-electron chi connectivity index (χ2n) is 5.17. The lowest BCUT2D eigenvalue weighted by atomic mass is 10.2. The quantitative estimate of drug-likeness (QED) is 0.888. The van der Waals surface area contributed by atoms with Crippen LogP contribution in [0.15, 0.2) is 29.1 Å². The molecule has 0 saturated carbocycles. The molecule has 6 heteroatoms. The number of rotatable bonds is 6. The lowest BCUT2D eigenvalue weighted by Gasteiger charge is -2.18. The minimum atomic E-state index is -0.115. The first kappa shape index (κ1) is 16.5. The fourth-order valence-electron chi connectivity index (χ4n) is 2.29. The van der Waals surface area contributed by atoms with Crippen molar-refractivity contribution < 1.29 is 4.74 Å². The lowest BCUT2D eigenvalue weighted by Crippen LogP contribution is -2.22. The molecule has 0 bridgehead atoms. The summed E-state index contributed by atoms with van der Waals surface area (Å²) < 4.78 is 5.35. The summed E-state index contributed by atoms with van der Waals surface area (Å²) in [5.74, 6) is 1.45. The number of hydrogen-bond acceptors (Lipinski definition) is 4. The summed E-state index contributed by atoms with van der Waals surface area (Å²) in [5.41, 5.74) is 1.68. The van der Waals surface area contributed by atoms with Crippen molar-refractivity contribution in [2.45, 2.75) is 26.4 Å². The Kier molecular flexibility index (Phi) is 5.57. The summed E-state index contributed by atoms with van der Waals surface area (Å²) >= 11 is 6.04. The van der Waals surface area contributed by atoms with E-state index in [0.717, 1.165) is 23.4 Å². The summed E-state index contributed by atoms with van der Waals surface area (Å²) in [6.45, 7) is 3.16. The smallest absolute Gasteiger partial charge is 0.251 e. The zero-order chi connectivity index (χ0) is 16.1. The number of nitrogens with one attached hydrogen (secondary N) is 1. The van der Waals surface area contributed by atoms with Gasteiger partial charge in [0.15, 0.2) is 0 Å². The van der Waals surface area contributed by atoms with Crippen LogP contribution in [0.1, 0.15) is 24.0 Å². The third kappa shape index (κ3) is 4.32. The van der Waals surface area contributed by atoms with Crippen molar-refractivity contribution in [2.75, 3.05) is 14.2 Å². The number of hydrogen-bond donors (Lipinski definition) is 1. The normalized spacial score (nSPS) is 11.0. The monoisotopic (exact) mass is 321 g/mol. The van der Waals surface area contributed by atoms with Crippen molar-refractivity contribution >= 4 is 11.6 Å². The van der Waals surface area contributed by atoms with E-state index in [-0.39, 0.29) is 5.56 Å². The molecule has 0 atom stereocenters. The predicted molar refractivity (Wildman–Crippen MR) is 87.4 cm³/mol. The second-order valence-corrected chi connectivity index (χ2v) is 5.60. The average molecular weight is 322 g/mol. The second kappa shape index (κ2) is 7.42. The molecule has 0 saturated heterocycles. The van der Waals surface area contributed by atoms with Gasteiger partial charge < -0.3 is 9.72 Å². The zero-order valence-electron chi connectivity index (χ0n) is 13.0. The van der Waals surface area contributed by atoms with Crippen LogP contribution < -0.4 is 10.3 Å². The van der Waals surface area contributed by atoms with Gasteiger partial charge in [0.2, 0.25) is 0 Å². The Morgan fingerprint density at radius 1 is 1.32 bits per heavy atom. The first-order valence-electron chi connectivity index (χ1n) is 7.12. The number of nitrogens with zero attached hydrogens (tertiary/aromatic N) is 2. The number of ether oxygens (including phenoxy) is 1. The predicted octanol–water partition coefficient (Wildman–Crippen LogP) is 2.63. The number of aromatic nitrogens is 2. The molecule has 0 fully saturated rings. The summed E-state index contributed by atoms with van der Waals surface area (Å²) in [7, 11) is 3.59. The molecule has 0 amide bonds. The highest BCUT2D eigenvalue weighted by atomic mass is 35.5. The van der Waals surface area contributed by atoms with Crippen molar-refractivity contribution in [3.8, 4) is 5.75 Å². The minimum absolute atomic E-state index is 0.115. The van der Waals surface area contributed by atoms with Crippen molar-refractivity contribution in [1.82, 2.24) is 14.9 Å². The first-order chi connectivity index (χ1) is 10.5. The van der Waals surface area contributed by atoms with E-state index in [9.17, 15) is 4.79 Å². The van der Waals surface area contributed by atoms with E-state index in [2.05, 4.69) is 9.97 Å². The highest BCUT2D eigenvalue weighted by Gasteiger charge is 2.09. The van der Waals surface area contributed by atoms with Gasteiger partial charge in [0.25, 0.3) is 5.56 Å². The summed E-state index contributed by atoms with van der Waals surface area (Å²) in [5, 5.41) is 0.670. The maximum absolute atomic E-state index is 11.6. The van der Waals surface area contributed by atoms with Crippen molar-refractivity contribution in [1.29, 1.82) is 0 Å². The molecule has 0 aliphatic heterocycles. The SMILES string of the molecule is CCc1cc(=O)[nH]c(CN(C)Cc2cc(Cl)ccc2OC)n1. The largest absolute Gasteiger partial charge is 0.496 e. The van der Waals surface area contributed by atoms with Gasteiger partial charge in [0, 0.05) is 28.9 Å². The third-order valence-corrected chi connectivity index (χ3v) is 3.54. The molecule has 5 nitrogen and oxygen atoms in total. The van der Waals surface area contributed by atoms with Gasteiger partial charge in [-0.1, -0.05) is 18.5 Å². The average Bonchev–Trinajstić information content (AvgIpc) is 2.46. The Bertz CT molecular complexity index is 700. The van der Waals surface area contributed by atoms with Crippen LogP contribution in [0.4, 0.5) is 0 Å². The number of aromatic amines is 1. The van der Waals surface area contributed by atoms with Gasteiger partial charge in [0.05, 0.1) is 13.7 Å². The van der Waals surface area contributed by atoms with E-state index in [1.807, 2.05) is 31.0 Å². The van der Waals surface area contributed by atoms with Gasteiger partial charge in [-0.2, -0.15) is 0 Å². The van der Waals surface area contributed by atoms with Crippen LogP contribution in [0.3, 0.4) is 0 Å². The van der Waals surface area contributed by atoms with Gasteiger partial charge in [-0.15, -0.1) is 0 Å². The van der Waals surface area contributed by atoms with E-state index < -0.39 is 0 Å². The Morgan fingerprint density at radius 3 is 2.77 bits per heavy atom.